The normalized spacial score (nSPS) is 12.1. The number of aromatic nitrogens is 3. The lowest BCUT2D eigenvalue weighted by Crippen LogP contribution is -2.22. The number of hydrogen-bond acceptors (Lipinski definition) is 7. The molecule has 2 heterocycles. The topological polar surface area (TPSA) is 94.1 Å². The summed E-state index contributed by atoms with van der Waals surface area (Å²) >= 11 is 7.10. The molecule has 0 aliphatic carbocycles. The SMILES string of the molecule is Cc1cc(NC(=O)[C@H](C)Sc2nnc(-c3cccc(Cl)c3)o2)no1. The smallest absolute Gasteiger partial charge is 0.277 e. The van der Waals surface area contributed by atoms with Crippen molar-refractivity contribution in [2.45, 2.75) is 24.3 Å². The van der Waals surface area contributed by atoms with Gasteiger partial charge in [-0.15, -0.1) is 10.2 Å². The van der Waals surface area contributed by atoms with E-state index in [2.05, 4.69) is 20.7 Å². The van der Waals surface area contributed by atoms with Gasteiger partial charge in [0.05, 0.1) is 5.25 Å². The third-order valence-corrected chi connectivity index (χ3v) is 4.17. The van der Waals surface area contributed by atoms with Crippen LogP contribution in [0.15, 0.2) is 44.5 Å². The first-order chi connectivity index (χ1) is 11.5. The number of carbonyl (C=O) groups is 1. The first-order valence-corrected chi connectivity index (χ1v) is 8.27. The van der Waals surface area contributed by atoms with Crippen molar-refractivity contribution in [3.63, 3.8) is 0 Å². The number of amides is 1. The minimum absolute atomic E-state index is 0.240. The Labute approximate surface area is 146 Å². The van der Waals surface area contributed by atoms with Gasteiger partial charge in [-0.25, -0.2) is 0 Å². The minimum atomic E-state index is -0.449. The summed E-state index contributed by atoms with van der Waals surface area (Å²) in [5.41, 5.74) is 0.719. The van der Waals surface area contributed by atoms with Crippen molar-refractivity contribution in [2.24, 2.45) is 0 Å². The molecule has 0 saturated heterocycles. The van der Waals surface area contributed by atoms with Gasteiger partial charge in [-0.3, -0.25) is 4.79 Å². The van der Waals surface area contributed by atoms with Crippen LogP contribution in [-0.4, -0.2) is 26.5 Å². The highest BCUT2D eigenvalue weighted by atomic mass is 35.5. The molecular formula is C15H13ClN4O3S. The Morgan fingerprint density at radius 3 is 2.88 bits per heavy atom. The maximum Gasteiger partial charge on any atom is 0.277 e. The monoisotopic (exact) mass is 364 g/mol. The summed E-state index contributed by atoms with van der Waals surface area (Å²) < 4.78 is 10.5. The van der Waals surface area contributed by atoms with Gasteiger partial charge in [0.25, 0.3) is 5.22 Å². The molecule has 1 atom stereocenters. The molecule has 0 spiro atoms. The highest BCUT2D eigenvalue weighted by molar-refractivity contribution is 8.00. The number of nitrogens with one attached hydrogen (secondary N) is 1. The molecule has 0 bridgehead atoms. The zero-order chi connectivity index (χ0) is 17.1. The molecule has 3 aromatic rings. The fourth-order valence-electron chi connectivity index (χ4n) is 1.85. The zero-order valence-corrected chi connectivity index (χ0v) is 14.4. The second kappa shape index (κ2) is 7.06. The predicted octanol–water partition coefficient (Wildman–Crippen LogP) is 3.81. The molecule has 0 fully saturated rings. The minimum Gasteiger partial charge on any atom is -0.411 e. The van der Waals surface area contributed by atoms with E-state index in [1.165, 1.54) is 0 Å². The highest BCUT2D eigenvalue weighted by Crippen LogP contribution is 2.27. The lowest BCUT2D eigenvalue weighted by Gasteiger charge is -2.06. The molecule has 9 heteroatoms. The molecule has 0 aliphatic rings. The zero-order valence-electron chi connectivity index (χ0n) is 12.8. The number of benzene rings is 1. The number of anilines is 1. The van der Waals surface area contributed by atoms with Gasteiger partial charge in [-0.05, 0) is 32.0 Å². The van der Waals surface area contributed by atoms with Crippen LogP contribution in [0, 0.1) is 6.92 Å². The van der Waals surface area contributed by atoms with Crippen LogP contribution in [0.25, 0.3) is 11.5 Å². The summed E-state index contributed by atoms with van der Waals surface area (Å²) in [7, 11) is 0. The fraction of sp³-hybridized carbons (Fsp3) is 0.200. The summed E-state index contributed by atoms with van der Waals surface area (Å²) in [6.07, 6.45) is 0. The van der Waals surface area contributed by atoms with E-state index >= 15 is 0 Å². The Morgan fingerprint density at radius 1 is 1.33 bits per heavy atom. The largest absolute Gasteiger partial charge is 0.411 e. The van der Waals surface area contributed by atoms with E-state index in [4.69, 9.17) is 20.5 Å². The standard InChI is InChI=1S/C15H13ClN4O3S/c1-8-6-12(20-23-8)17-13(21)9(2)24-15-19-18-14(22-15)10-4-3-5-11(16)7-10/h3-7,9H,1-2H3,(H,17,20,21)/t9-/m0/s1. The Hall–Kier alpha value is -2.32. The van der Waals surface area contributed by atoms with Gasteiger partial charge < -0.3 is 14.3 Å². The number of carbonyl (C=O) groups excluding carboxylic acids is 1. The van der Waals surface area contributed by atoms with Crippen molar-refractivity contribution in [3.8, 4) is 11.5 Å². The van der Waals surface area contributed by atoms with Gasteiger partial charge in [-0.1, -0.05) is 34.6 Å². The molecule has 0 saturated carbocycles. The van der Waals surface area contributed by atoms with Crippen molar-refractivity contribution in [1.82, 2.24) is 15.4 Å². The molecule has 0 aliphatic heterocycles. The van der Waals surface area contributed by atoms with E-state index in [0.717, 1.165) is 17.3 Å². The quantitative estimate of drug-likeness (QED) is 0.688. The van der Waals surface area contributed by atoms with E-state index in [9.17, 15) is 4.79 Å². The maximum atomic E-state index is 12.1. The second-order valence-electron chi connectivity index (χ2n) is 4.96. The number of nitrogens with zero attached hydrogens (tertiary/aromatic N) is 3. The summed E-state index contributed by atoms with van der Waals surface area (Å²) in [6.45, 7) is 3.48. The van der Waals surface area contributed by atoms with Crippen LogP contribution in [0.5, 0.6) is 0 Å². The second-order valence-corrected chi connectivity index (χ2v) is 6.68. The van der Waals surface area contributed by atoms with Gasteiger partial charge >= 0.3 is 0 Å². The van der Waals surface area contributed by atoms with Gasteiger partial charge in [-0.2, -0.15) is 0 Å². The van der Waals surface area contributed by atoms with Crippen molar-refractivity contribution < 1.29 is 13.7 Å². The number of thioether (sulfide) groups is 1. The number of hydrogen-bond donors (Lipinski definition) is 1. The van der Waals surface area contributed by atoms with Crippen LogP contribution in [0.3, 0.4) is 0 Å². The van der Waals surface area contributed by atoms with Crippen LogP contribution >= 0.6 is 23.4 Å². The van der Waals surface area contributed by atoms with Crippen LogP contribution in [0.4, 0.5) is 5.82 Å². The Bertz CT molecular complexity index is 864. The number of halogens is 1. The third kappa shape index (κ3) is 3.95. The van der Waals surface area contributed by atoms with Crippen molar-refractivity contribution in [2.75, 3.05) is 5.32 Å². The number of aryl methyl sites for hydroxylation is 1. The third-order valence-electron chi connectivity index (χ3n) is 3.00. The molecule has 24 heavy (non-hydrogen) atoms. The summed E-state index contributed by atoms with van der Waals surface area (Å²) in [6, 6.07) is 8.74. The van der Waals surface area contributed by atoms with E-state index < -0.39 is 5.25 Å². The lowest BCUT2D eigenvalue weighted by molar-refractivity contribution is -0.115. The molecule has 0 unspecified atom stereocenters. The van der Waals surface area contributed by atoms with Crippen LogP contribution in [0.2, 0.25) is 5.02 Å². The number of rotatable bonds is 5. The van der Waals surface area contributed by atoms with Crippen LogP contribution in [0.1, 0.15) is 12.7 Å². The first kappa shape index (κ1) is 16.5. The van der Waals surface area contributed by atoms with Crippen molar-refractivity contribution in [3.05, 3.63) is 41.1 Å². The predicted molar refractivity (Wildman–Crippen MR) is 89.9 cm³/mol. The first-order valence-electron chi connectivity index (χ1n) is 7.01. The van der Waals surface area contributed by atoms with Gasteiger partial charge in [0.1, 0.15) is 5.76 Å². The Morgan fingerprint density at radius 2 is 2.17 bits per heavy atom. The average molecular weight is 365 g/mol. The fourth-order valence-corrected chi connectivity index (χ4v) is 2.73. The van der Waals surface area contributed by atoms with Crippen molar-refractivity contribution in [1.29, 1.82) is 0 Å². The molecule has 0 radical (unpaired) electrons. The Balaban J connectivity index is 1.64. The molecule has 3 rings (SSSR count). The van der Waals surface area contributed by atoms with Crippen LogP contribution < -0.4 is 5.32 Å². The summed E-state index contributed by atoms with van der Waals surface area (Å²) in [5, 5.41) is 14.7. The molecule has 2 aromatic heterocycles. The van der Waals surface area contributed by atoms with E-state index in [0.29, 0.717) is 27.7 Å². The van der Waals surface area contributed by atoms with E-state index in [1.54, 1.807) is 38.1 Å². The van der Waals surface area contributed by atoms with Gasteiger partial charge in [0.15, 0.2) is 5.82 Å². The Kier molecular flexibility index (Phi) is 4.86. The molecule has 124 valence electrons. The van der Waals surface area contributed by atoms with E-state index in [1.807, 2.05) is 6.07 Å². The van der Waals surface area contributed by atoms with Crippen molar-refractivity contribution >= 4 is 35.1 Å². The molecule has 1 amide bonds. The maximum absolute atomic E-state index is 12.1. The highest BCUT2D eigenvalue weighted by Gasteiger charge is 2.20. The molecular weight excluding hydrogens is 352 g/mol. The summed E-state index contributed by atoms with van der Waals surface area (Å²) in [5.74, 6) is 1.10. The van der Waals surface area contributed by atoms with Crippen LogP contribution in [-0.2, 0) is 4.79 Å². The van der Waals surface area contributed by atoms with Gasteiger partial charge in [0, 0.05) is 16.7 Å². The lowest BCUT2D eigenvalue weighted by atomic mass is 10.2. The molecule has 1 aromatic carbocycles. The molecule has 7 nitrogen and oxygen atoms in total. The molecule has 1 N–H and O–H groups in total. The van der Waals surface area contributed by atoms with E-state index in [-0.39, 0.29) is 5.91 Å². The average Bonchev–Trinajstić information content (AvgIpc) is 3.16. The summed E-state index contributed by atoms with van der Waals surface area (Å²) in [4.78, 5) is 12.1. The van der Waals surface area contributed by atoms with Gasteiger partial charge in [0.2, 0.25) is 11.8 Å².